The predicted octanol–water partition coefficient (Wildman–Crippen LogP) is 2.25. The van der Waals surface area contributed by atoms with Crippen molar-refractivity contribution in [2.45, 2.75) is 56.7 Å². The summed E-state index contributed by atoms with van der Waals surface area (Å²) in [7, 11) is -3.31. The highest BCUT2D eigenvalue weighted by Crippen LogP contribution is 2.37. The molecule has 0 spiro atoms. The van der Waals surface area contributed by atoms with Crippen LogP contribution in [0.3, 0.4) is 0 Å². The number of anilines is 2. The van der Waals surface area contributed by atoms with Crippen LogP contribution in [0, 0.1) is 6.92 Å². The number of benzene rings is 1. The van der Waals surface area contributed by atoms with Gasteiger partial charge in [0.05, 0.1) is 23.4 Å². The molecule has 2 aliphatic heterocycles. The second kappa shape index (κ2) is 7.09. The summed E-state index contributed by atoms with van der Waals surface area (Å²) in [5.74, 6) is -0.119. The number of carbonyl (C=O) groups excluding carboxylic acids is 1. The molecule has 0 unspecified atom stereocenters. The summed E-state index contributed by atoms with van der Waals surface area (Å²) in [5, 5.41) is 7.62. The van der Waals surface area contributed by atoms with Crippen LogP contribution >= 0.6 is 0 Å². The Kier molecular flexibility index (Phi) is 4.62. The molecule has 0 amide bonds. The standard InChI is InChI=1S/C21H27N5O3S/c1-13-4-2-7-15-16(8-10-23-19(13)15)21(27)26-20(22)17-9-11-25(12-18(17)24-26)30(28,29)14-5-3-6-14/h2,4,7,14,16,23H,3,5-6,8-12,22H2,1H3/t16-/m0/s1. The third-order valence-corrected chi connectivity index (χ3v) is 9.14. The third-order valence-electron chi connectivity index (χ3n) is 6.80. The average Bonchev–Trinajstić information content (AvgIpc) is 3.02. The van der Waals surface area contributed by atoms with Gasteiger partial charge in [-0.1, -0.05) is 24.6 Å². The maximum Gasteiger partial charge on any atom is 0.256 e. The predicted molar refractivity (Wildman–Crippen MR) is 115 cm³/mol. The lowest BCUT2D eigenvalue weighted by molar-refractivity contribution is 0.0859. The van der Waals surface area contributed by atoms with Gasteiger partial charge in [-0.15, -0.1) is 0 Å². The van der Waals surface area contributed by atoms with Gasteiger partial charge in [0.25, 0.3) is 5.91 Å². The van der Waals surface area contributed by atoms with E-state index in [4.69, 9.17) is 5.73 Å². The van der Waals surface area contributed by atoms with Crippen molar-refractivity contribution >= 4 is 27.4 Å². The van der Waals surface area contributed by atoms with Gasteiger partial charge in [-0.3, -0.25) is 4.79 Å². The Morgan fingerprint density at radius 1 is 1.27 bits per heavy atom. The largest absolute Gasteiger partial charge is 0.385 e. The molecule has 1 atom stereocenters. The van der Waals surface area contributed by atoms with E-state index in [0.717, 1.165) is 41.6 Å². The quantitative estimate of drug-likeness (QED) is 0.774. The van der Waals surface area contributed by atoms with Crippen LogP contribution in [0.5, 0.6) is 0 Å². The number of nitrogens with two attached hydrogens (primary N) is 1. The minimum absolute atomic E-state index is 0.149. The molecule has 160 valence electrons. The van der Waals surface area contributed by atoms with E-state index in [-0.39, 0.29) is 23.6 Å². The minimum Gasteiger partial charge on any atom is -0.385 e. The van der Waals surface area contributed by atoms with Crippen LogP contribution in [0.4, 0.5) is 11.5 Å². The van der Waals surface area contributed by atoms with Crippen LogP contribution < -0.4 is 11.1 Å². The normalized spacial score (nSPS) is 22.0. The molecule has 1 saturated carbocycles. The van der Waals surface area contributed by atoms with Crippen LogP contribution in [-0.4, -0.2) is 46.8 Å². The molecule has 3 heterocycles. The van der Waals surface area contributed by atoms with Crippen LogP contribution in [-0.2, 0) is 23.0 Å². The molecule has 3 N–H and O–H groups in total. The third kappa shape index (κ3) is 2.94. The number of sulfonamides is 1. The van der Waals surface area contributed by atoms with Crippen LogP contribution in [0.25, 0.3) is 0 Å². The van der Waals surface area contributed by atoms with E-state index < -0.39 is 10.0 Å². The topological polar surface area (TPSA) is 110 Å². The zero-order valence-electron chi connectivity index (χ0n) is 17.1. The van der Waals surface area contributed by atoms with Crippen molar-refractivity contribution in [3.8, 4) is 0 Å². The number of aryl methyl sites for hydroxylation is 1. The Balaban J connectivity index is 1.44. The molecular formula is C21H27N5O3S. The number of rotatable bonds is 3. The lowest BCUT2D eigenvalue weighted by atomic mass is 9.88. The smallest absolute Gasteiger partial charge is 0.256 e. The summed E-state index contributed by atoms with van der Waals surface area (Å²) in [4.78, 5) is 13.4. The highest BCUT2D eigenvalue weighted by molar-refractivity contribution is 7.89. The molecule has 5 rings (SSSR count). The number of carbonyl (C=O) groups is 1. The first kappa shape index (κ1) is 19.6. The Morgan fingerprint density at radius 2 is 2.07 bits per heavy atom. The van der Waals surface area contributed by atoms with Crippen LogP contribution in [0.15, 0.2) is 18.2 Å². The monoisotopic (exact) mass is 429 g/mol. The zero-order chi connectivity index (χ0) is 21.0. The lowest BCUT2D eigenvalue weighted by Crippen LogP contribution is -2.44. The van der Waals surface area contributed by atoms with Crippen molar-refractivity contribution in [1.82, 2.24) is 14.1 Å². The van der Waals surface area contributed by atoms with E-state index in [1.807, 2.05) is 25.1 Å². The number of fused-ring (bicyclic) bond motifs is 2. The first-order chi connectivity index (χ1) is 14.4. The molecule has 1 aromatic carbocycles. The fourth-order valence-corrected chi connectivity index (χ4v) is 6.78. The lowest BCUT2D eigenvalue weighted by Gasteiger charge is -2.33. The van der Waals surface area contributed by atoms with Crippen LogP contribution in [0.1, 0.15) is 58.8 Å². The number of hydrogen-bond acceptors (Lipinski definition) is 6. The number of nitrogens with zero attached hydrogens (tertiary/aromatic N) is 3. The van der Waals surface area contributed by atoms with Gasteiger partial charge in [0.2, 0.25) is 10.0 Å². The number of hydrogen-bond donors (Lipinski definition) is 2. The Morgan fingerprint density at radius 3 is 2.80 bits per heavy atom. The van der Waals surface area contributed by atoms with E-state index in [0.29, 0.717) is 37.4 Å². The molecule has 3 aliphatic rings. The second-order valence-electron chi connectivity index (χ2n) is 8.55. The molecule has 1 fully saturated rings. The number of para-hydroxylation sites is 1. The summed E-state index contributed by atoms with van der Waals surface area (Å²) in [6, 6.07) is 5.96. The van der Waals surface area contributed by atoms with Crippen LogP contribution in [0.2, 0.25) is 0 Å². The molecule has 8 nitrogen and oxygen atoms in total. The summed E-state index contributed by atoms with van der Waals surface area (Å²) in [6.45, 7) is 3.32. The summed E-state index contributed by atoms with van der Waals surface area (Å²) < 4.78 is 28.4. The van der Waals surface area contributed by atoms with Gasteiger partial charge in [-0.05, 0) is 43.7 Å². The van der Waals surface area contributed by atoms with E-state index in [1.54, 1.807) is 0 Å². The average molecular weight is 430 g/mol. The fraction of sp³-hybridized carbons (Fsp3) is 0.524. The van der Waals surface area contributed by atoms with E-state index in [9.17, 15) is 13.2 Å². The van der Waals surface area contributed by atoms with E-state index in [2.05, 4.69) is 10.4 Å². The Bertz CT molecular complexity index is 1120. The van der Waals surface area contributed by atoms with Crippen molar-refractivity contribution < 1.29 is 13.2 Å². The maximum absolute atomic E-state index is 13.4. The van der Waals surface area contributed by atoms with Gasteiger partial charge in [0.1, 0.15) is 5.82 Å². The van der Waals surface area contributed by atoms with Crippen molar-refractivity contribution in [2.24, 2.45) is 0 Å². The van der Waals surface area contributed by atoms with Gasteiger partial charge in [-0.25, -0.2) is 8.42 Å². The number of aromatic nitrogens is 2. The van der Waals surface area contributed by atoms with Gasteiger partial charge < -0.3 is 11.1 Å². The minimum atomic E-state index is -3.31. The SMILES string of the molecule is Cc1cccc2c1NCC[C@@H]2C(=O)n1nc2c(c1N)CCN(S(=O)(=O)C1CCC1)C2. The van der Waals surface area contributed by atoms with Crippen molar-refractivity contribution in [3.05, 3.63) is 40.6 Å². The molecule has 1 aromatic heterocycles. The first-order valence-corrected chi connectivity index (χ1v) is 12.1. The number of nitrogen functional groups attached to an aromatic ring is 1. The molecule has 2 aromatic rings. The molecule has 9 heteroatoms. The Labute approximate surface area is 176 Å². The molecular weight excluding hydrogens is 402 g/mol. The molecule has 0 bridgehead atoms. The van der Waals surface area contributed by atoms with Gasteiger partial charge in [-0.2, -0.15) is 14.1 Å². The molecule has 0 saturated heterocycles. The molecule has 0 radical (unpaired) electrons. The second-order valence-corrected chi connectivity index (χ2v) is 10.8. The Hall–Kier alpha value is -2.39. The highest BCUT2D eigenvalue weighted by Gasteiger charge is 2.39. The number of nitrogens with one attached hydrogen (secondary N) is 1. The van der Waals surface area contributed by atoms with Crippen molar-refractivity contribution in [2.75, 3.05) is 24.1 Å². The first-order valence-electron chi connectivity index (χ1n) is 10.6. The fourth-order valence-electron chi connectivity index (χ4n) is 4.78. The van der Waals surface area contributed by atoms with E-state index >= 15 is 0 Å². The highest BCUT2D eigenvalue weighted by atomic mass is 32.2. The van der Waals surface area contributed by atoms with E-state index in [1.165, 1.54) is 8.99 Å². The van der Waals surface area contributed by atoms with Gasteiger partial charge >= 0.3 is 0 Å². The van der Waals surface area contributed by atoms with Crippen molar-refractivity contribution in [3.63, 3.8) is 0 Å². The summed E-state index contributed by atoms with van der Waals surface area (Å²) in [6.07, 6.45) is 3.59. The summed E-state index contributed by atoms with van der Waals surface area (Å²) >= 11 is 0. The van der Waals surface area contributed by atoms with Gasteiger partial charge in [0, 0.05) is 24.3 Å². The zero-order valence-corrected chi connectivity index (χ0v) is 17.9. The summed E-state index contributed by atoms with van der Waals surface area (Å²) in [5.41, 5.74) is 10.8. The van der Waals surface area contributed by atoms with Gasteiger partial charge in [0.15, 0.2) is 0 Å². The molecule has 30 heavy (non-hydrogen) atoms. The van der Waals surface area contributed by atoms with Crippen molar-refractivity contribution in [1.29, 1.82) is 0 Å². The maximum atomic E-state index is 13.4. The molecule has 1 aliphatic carbocycles.